The standard InChI is InChI=1S/C9H17F3N2O/c1-6(2)4-13-8(15)7(3)14-5-9(10,11)12/h6-7,14H,4-5H2,1-3H3,(H,13,15). The molecule has 0 rings (SSSR count). The summed E-state index contributed by atoms with van der Waals surface area (Å²) in [5.74, 6) is -0.128. The number of carbonyl (C=O) groups is 1. The maximum atomic E-state index is 11.8. The van der Waals surface area contributed by atoms with E-state index in [4.69, 9.17) is 0 Å². The number of amides is 1. The molecule has 0 saturated carbocycles. The summed E-state index contributed by atoms with van der Waals surface area (Å²) in [6, 6.07) is -0.828. The van der Waals surface area contributed by atoms with E-state index in [1.54, 1.807) is 0 Å². The van der Waals surface area contributed by atoms with Crippen LogP contribution in [0.1, 0.15) is 20.8 Å². The lowest BCUT2D eigenvalue weighted by Gasteiger charge is -2.16. The van der Waals surface area contributed by atoms with Crippen LogP contribution in [0.25, 0.3) is 0 Å². The Bertz CT molecular complexity index is 204. The van der Waals surface area contributed by atoms with Gasteiger partial charge < -0.3 is 5.32 Å². The molecule has 0 aliphatic rings. The van der Waals surface area contributed by atoms with Crippen LogP contribution in [0.4, 0.5) is 13.2 Å². The summed E-state index contributed by atoms with van der Waals surface area (Å²) in [4.78, 5) is 11.2. The van der Waals surface area contributed by atoms with Crippen LogP contribution in [0, 0.1) is 5.92 Å². The van der Waals surface area contributed by atoms with Crippen molar-refractivity contribution < 1.29 is 18.0 Å². The number of rotatable bonds is 5. The smallest absolute Gasteiger partial charge is 0.354 e. The van der Waals surface area contributed by atoms with E-state index in [1.165, 1.54) is 6.92 Å². The fraction of sp³-hybridized carbons (Fsp3) is 0.889. The Morgan fingerprint density at radius 3 is 2.20 bits per heavy atom. The summed E-state index contributed by atoms with van der Waals surface area (Å²) in [6.07, 6.45) is -4.29. The third-order valence-corrected chi connectivity index (χ3v) is 1.69. The largest absolute Gasteiger partial charge is 0.401 e. The monoisotopic (exact) mass is 226 g/mol. The van der Waals surface area contributed by atoms with Gasteiger partial charge in [-0.3, -0.25) is 10.1 Å². The average molecular weight is 226 g/mol. The van der Waals surface area contributed by atoms with Gasteiger partial charge in [0.1, 0.15) is 0 Å². The van der Waals surface area contributed by atoms with Gasteiger partial charge >= 0.3 is 6.18 Å². The highest BCUT2D eigenvalue weighted by molar-refractivity contribution is 5.81. The summed E-state index contributed by atoms with van der Waals surface area (Å²) in [6.45, 7) is 4.55. The number of hydrogen-bond donors (Lipinski definition) is 2. The Kier molecular flexibility index (Phi) is 5.64. The minimum Gasteiger partial charge on any atom is -0.354 e. The van der Waals surface area contributed by atoms with Crippen molar-refractivity contribution in [1.82, 2.24) is 10.6 Å². The normalized spacial score (nSPS) is 14.1. The van der Waals surface area contributed by atoms with Crippen molar-refractivity contribution in [2.45, 2.75) is 33.0 Å². The van der Waals surface area contributed by atoms with Gasteiger partial charge in [-0.1, -0.05) is 13.8 Å². The average Bonchev–Trinajstić information content (AvgIpc) is 2.08. The first-order chi connectivity index (χ1) is 6.72. The second kappa shape index (κ2) is 5.95. The Morgan fingerprint density at radius 1 is 1.27 bits per heavy atom. The molecule has 0 aliphatic heterocycles. The van der Waals surface area contributed by atoms with Crippen molar-refractivity contribution in [2.75, 3.05) is 13.1 Å². The second-order valence-electron chi connectivity index (χ2n) is 3.86. The van der Waals surface area contributed by atoms with Crippen LogP contribution >= 0.6 is 0 Å². The first-order valence-corrected chi connectivity index (χ1v) is 4.80. The van der Waals surface area contributed by atoms with Crippen LogP contribution in [-0.4, -0.2) is 31.2 Å². The molecule has 0 radical (unpaired) electrons. The molecule has 0 spiro atoms. The predicted molar refractivity (Wildman–Crippen MR) is 51.4 cm³/mol. The molecule has 0 aromatic rings. The summed E-state index contributed by atoms with van der Waals surface area (Å²) in [5, 5.41) is 4.66. The van der Waals surface area contributed by atoms with E-state index >= 15 is 0 Å². The van der Waals surface area contributed by atoms with Crippen molar-refractivity contribution >= 4 is 5.91 Å². The highest BCUT2D eigenvalue weighted by atomic mass is 19.4. The molecule has 1 atom stereocenters. The molecule has 0 fully saturated rings. The lowest BCUT2D eigenvalue weighted by molar-refractivity contribution is -0.131. The molecule has 2 N–H and O–H groups in total. The van der Waals surface area contributed by atoms with Gasteiger partial charge in [-0.05, 0) is 12.8 Å². The molecule has 90 valence electrons. The van der Waals surface area contributed by atoms with Gasteiger partial charge in [0.05, 0.1) is 12.6 Å². The van der Waals surface area contributed by atoms with E-state index in [-0.39, 0.29) is 5.92 Å². The maximum absolute atomic E-state index is 11.8. The van der Waals surface area contributed by atoms with Crippen LogP contribution in [0.5, 0.6) is 0 Å². The summed E-state index contributed by atoms with van der Waals surface area (Å²) >= 11 is 0. The highest BCUT2D eigenvalue weighted by Gasteiger charge is 2.28. The van der Waals surface area contributed by atoms with Gasteiger partial charge in [0.2, 0.25) is 5.91 Å². The molecular weight excluding hydrogens is 209 g/mol. The van der Waals surface area contributed by atoms with Gasteiger partial charge in [0.15, 0.2) is 0 Å². The quantitative estimate of drug-likeness (QED) is 0.742. The molecule has 6 heteroatoms. The molecule has 3 nitrogen and oxygen atoms in total. The first kappa shape index (κ1) is 14.2. The Labute approximate surface area is 87.4 Å². The van der Waals surface area contributed by atoms with Crippen molar-refractivity contribution in [3.8, 4) is 0 Å². The molecule has 0 aromatic heterocycles. The van der Waals surface area contributed by atoms with Crippen LogP contribution in [0.2, 0.25) is 0 Å². The van der Waals surface area contributed by atoms with Gasteiger partial charge in [-0.2, -0.15) is 13.2 Å². The molecule has 0 heterocycles. The Balaban J connectivity index is 3.79. The topological polar surface area (TPSA) is 41.1 Å². The minimum absolute atomic E-state index is 0.281. The van der Waals surface area contributed by atoms with Gasteiger partial charge in [-0.15, -0.1) is 0 Å². The lowest BCUT2D eigenvalue weighted by atomic mass is 10.2. The molecule has 0 saturated heterocycles. The van der Waals surface area contributed by atoms with Crippen molar-refractivity contribution in [3.05, 3.63) is 0 Å². The van der Waals surface area contributed by atoms with Crippen LogP contribution in [-0.2, 0) is 4.79 Å². The maximum Gasteiger partial charge on any atom is 0.401 e. The third-order valence-electron chi connectivity index (χ3n) is 1.69. The van der Waals surface area contributed by atoms with E-state index in [0.29, 0.717) is 6.54 Å². The second-order valence-corrected chi connectivity index (χ2v) is 3.86. The molecular formula is C9H17F3N2O. The van der Waals surface area contributed by atoms with Gasteiger partial charge in [0.25, 0.3) is 0 Å². The zero-order valence-electron chi connectivity index (χ0n) is 9.11. The van der Waals surface area contributed by atoms with E-state index in [2.05, 4.69) is 10.6 Å². The van der Waals surface area contributed by atoms with Crippen LogP contribution in [0.3, 0.4) is 0 Å². The molecule has 1 unspecified atom stereocenters. The van der Waals surface area contributed by atoms with Crippen molar-refractivity contribution in [2.24, 2.45) is 5.92 Å². The van der Waals surface area contributed by atoms with Crippen LogP contribution < -0.4 is 10.6 Å². The fourth-order valence-electron chi connectivity index (χ4n) is 0.819. The number of hydrogen-bond acceptors (Lipinski definition) is 2. The van der Waals surface area contributed by atoms with Gasteiger partial charge in [0, 0.05) is 6.54 Å². The van der Waals surface area contributed by atoms with Crippen LogP contribution in [0.15, 0.2) is 0 Å². The molecule has 0 aliphatic carbocycles. The number of halogens is 3. The summed E-state index contributed by atoms with van der Waals surface area (Å²) < 4.78 is 35.4. The highest BCUT2D eigenvalue weighted by Crippen LogP contribution is 2.12. The van der Waals surface area contributed by atoms with Crippen molar-refractivity contribution in [3.63, 3.8) is 0 Å². The van der Waals surface area contributed by atoms with E-state index in [1.807, 2.05) is 13.8 Å². The van der Waals surface area contributed by atoms with E-state index < -0.39 is 24.7 Å². The number of alkyl halides is 3. The summed E-state index contributed by atoms with van der Waals surface area (Å²) in [5.41, 5.74) is 0. The zero-order chi connectivity index (χ0) is 12.1. The zero-order valence-corrected chi connectivity index (χ0v) is 9.11. The molecule has 15 heavy (non-hydrogen) atoms. The SMILES string of the molecule is CC(C)CNC(=O)C(C)NCC(F)(F)F. The Hall–Kier alpha value is -0.780. The number of nitrogens with one attached hydrogen (secondary N) is 2. The van der Waals surface area contributed by atoms with Crippen molar-refractivity contribution in [1.29, 1.82) is 0 Å². The van der Waals surface area contributed by atoms with E-state index in [0.717, 1.165) is 0 Å². The Morgan fingerprint density at radius 2 is 1.80 bits per heavy atom. The predicted octanol–water partition coefficient (Wildman–Crippen LogP) is 1.30. The molecule has 1 amide bonds. The van der Waals surface area contributed by atoms with Gasteiger partial charge in [-0.25, -0.2) is 0 Å². The minimum atomic E-state index is -4.29. The third kappa shape index (κ3) is 8.23. The lowest BCUT2D eigenvalue weighted by Crippen LogP contribution is -2.46. The first-order valence-electron chi connectivity index (χ1n) is 4.80. The molecule has 0 bridgehead atoms. The molecule has 0 aromatic carbocycles. The summed E-state index contributed by atoms with van der Waals surface area (Å²) in [7, 11) is 0. The number of carbonyl (C=O) groups excluding carboxylic acids is 1. The van der Waals surface area contributed by atoms with E-state index in [9.17, 15) is 18.0 Å². The fourth-order valence-corrected chi connectivity index (χ4v) is 0.819.